The van der Waals surface area contributed by atoms with E-state index in [1.807, 2.05) is 6.20 Å². The first-order chi connectivity index (χ1) is 11.1. The zero-order valence-electron chi connectivity index (χ0n) is 13.8. The lowest BCUT2D eigenvalue weighted by Crippen LogP contribution is -2.31. The molecule has 1 aromatic heterocycles. The van der Waals surface area contributed by atoms with E-state index < -0.39 is 0 Å². The van der Waals surface area contributed by atoms with Gasteiger partial charge in [-0.05, 0) is 6.07 Å². The normalized spacial score (nSPS) is 14.8. The molecule has 0 N–H and O–H groups in total. The molecule has 0 bridgehead atoms. The summed E-state index contributed by atoms with van der Waals surface area (Å²) < 4.78 is 19.1. The van der Waals surface area contributed by atoms with Crippen molar-refractivity contribution in [3.8, 4) is 5.75 Å². The van der Waals surface area contributed by atoms with Crippen LogP contribution in [0.2, 0.25) is 0 Å². The zero-order valence-corrected chi connectivity index (χ0v) is 13.8. The summed E-state index contributed by atoms with van der Waals surface area (Å²) in [5.74, 6) is 1.57. The molecular weight excluding hydrogens is 293 g/mol. The van der Waals surface area contributed by atoms with Gasteiger partial charge in [0.15, 0.2) is 0 Å². The van der Waals surface area contributed by atoms with Crippen molar-refractivity contribution >= 4 is 0 Å². The summed E-state index contributed by atoms with van der Waals surface area (Å²) in [6.07, 6.45) is 2.81. The van der Waals surface area contributed by atoms with Crippen molar-refractivity contribution in [2.45, 2.75) is 39.3 Å². The van der Waals surface area contributed by atoms with Gasteiger partial charge in [-0.25, -0.2) is 14.4 Å². The number of rotatable bonds is 4. The Kier molecular flexibility index (Phi) is 4.57. The molecule has 122 valence electrons. The second-order valence-electron chi connectivity index (χ2n) is 6.27. The summed E-state index contributed by atoms with van der Waals surface area (Å²) >= 11 is 0. The van der Waals surface area contributed by atoms with E-state index in [0.29, 0.717) is 23.8 Å². The molecular formula is C18H22FN3O. The molecule has 0 unspecified atom stereocenters. The van der Waals surface area contributed by atoms with Gasteiger partial charge in [0.1, 0.15) is 17.4 Å². The number of ether oxygens (including phenoxy) is 1. The Bertz CT molecular complexity index is 703. The van der Waals surface area contributed by atoms with Crippen LogP contribution >= 0.6 is 0 Å². The number of fused-ring (bicyclic) bond motifs is 1. The van der Waals surface area contributed by atoms with E-state index in [2.05, 4.69) is 28.7 Å². The van der Waals surface area contributed by atoms with Gasteiger partial charge in [0.25, 0.3) is 0 Å². The first-order valence-electron chi connectivity index (χ1n) is 7.96. The summed E-state index contributed by atoms with van der Waals surface area (Å²) in [6.45, 7) is 6.43. The highest BCUT2D eigenvalue weighted by atomic mass is 19.1. The molecule has 4 nitrogen and oxygen atoms in total. The molecule has 1 aliphatic heterocycles. The predicted octanol–water partition coefficient (Wildman–Crippen LogP) is 3.31. The second kappa shape index (κ2) is 6.62. The summed E-state index contributed by atoms with van der Waals surface area (Å²) in [5.41, 5.74) is 2.97. The van der Waals surface area contributed by atoms with Gasteiger partial charge in [-0.2, -0.15) is 0 Å². The lowest BCUT2D eigenvalue weighted by molar-refractivity contribution is 0.239. The molecule has 0 fully saturated rings. The monoisotopic (exact) mass is 315 g/mol. The summed E-state index contributed by atoms with van der Waals surface area (Å²) in [4.78, 5) is 11.3. The van der Waals surface area contributed by atoms with Crippen LogP contribution in [0.5, 0.6) is 5.75 Å². The lowest BCUT2D eigenvalue weighted by Gasteiger charge is -2.28. The maximum Gasteiger partial charge on any atom is 0.131 e. The molecule has 0 aliphatic carbocycles. The molecule has 5 heteroatoms. The van der Waals surface area contributed by atoms with Crippen molar-refractivity contribution in [1.82, 2.24) is 14.9 Å². The molecule has 1 aromatic carbocycles. The summed E-state index contributed by atoms with van der Waals surface area (Å²) in [5, 5.41) is 0. The minimum absolute atomic E-state index is 0.221. The molecule has 1 aliphatic rings. The number of methoxy groups -OCH3 is 1. The maximum absolute atomic E-state index is 14.1. The fourth-order valence-corrected chi connectivity index (χ4v) is 2.83. The molecule has 0 saturated heterocycles. The van der Waals surface area contributed by atoms with Crippen molar-refractivity contribution in [2.24, 2.45) is 0 Å². The van der Waals surface area contributed by atoms with E-state index >= 15 is 0 Å². The number of aromatic nitrogens is 2. The van der Waals surface area contributed by atoms with Gasteiger partial charge in [-0.1, -0.05) is 19.9 Å². The van der Waals surface area contributed by atoms with E-state index in [9.17, 15) is 4.39 Å². The molecule has 23 heavy (non-hydrogen) atoms. The Balaban J connectivity index is 1.72. The van der Waals surface area contributed by atoms with Crippen LogP contribution in [0.3, 0.4) is 0 Å². The fraction of sp³-hybridized carbons (Fsp3) is 0.444. The van der Waals surface area contributed by atoms with Gasteiger partial charge >= 0.3 is 0 Å². The van der Waals surface area contributed by atoms with Crippen LogP contribution in [0, 0.1) is 5.82 Å². The number of hydrogen-bond donors (Lipinski definition) is 0. The third-order valence-electron chi connectivity index (χ3n) is 4.20. The van der Waals surface area contributed by atoms with Gasteiger partial charge in [-0.15, -0.1) is 0 Å². The molecule has 0 amide bonds. The second-order valence-corrected chi connectivity index (χ2v) is 6.27. The van der Waals surface area contributed by atoms with Crippen LogP contribution in [0.1, 0.15) is 42.4 Å². The quantitative estimate of drug-likeness (QED) is 0.867. The Hall–Kier alpha value is -2.01. The third-order valence-corrected chi connectivity index (χ3v) is 4.20. The molecule has 2 aromatic rings. The predicted molar refractivity (Wildman–Crippen MR) is 86.9 cm³/mol. The Morgan fingerprint density at radius 1 is 1.35 bits per heavy atom. The van der Waals surface area contributed by atoms with Crippen molar-refractivity contribution < 1.29 is 9.13 Å². The molecule has 3 rings (SSSR count). The summed E-state index contributed by atoms with van der Waals surface area (Å²) in [7, 11) is 1.54. The van der Waals surface area contributed by atoms with Crippen molar-refractivity contribution in [2.75, 3.05) is 13.7 Å². The van der Waals surface area contributed by atoms with E-state index in [1.54, 1.807) is 19.2 Å². The Morgan fingerprint density at radius 2 is 2.17 bits per heavy atom. The highest BCUT2D eigenvalue weighted by Crippen LogP contribution is 2.22. The first kappa shape index (κ1) is 15.9. The van der Waals surface area contributed by atoms with Crippen molar-refractivity contribution in [3.05, 3.63) is 52.9 Å². The number of halogens is 1. The number of nitrogens with zero attached hydrogens (tertiary/aromatic N) is 3. The van der Waals surface area contributed by atoms with E-state index in [1.165, 1.54) is 6.07 Å². The maximum atomic E-state index is 14.1. The molecule has 2 heterocycles. The standard InChI is InChI=1S/C18H22FN3O/c1-12(2)18-20-9-14-11-22(7-6-17(14)21-18)10-13-4-5-15(23-3)8-16(13)19/h4-5,8-9,12H,6-7,10-11H2,1-3H3. The average molecular weight is 315 g/mol. The van der Waals surface area contributed by atoms with E-state index in [-0.39, 0.29) is 5.82 Å². The van der Waals surface area contributed by atoms with Gasteiger partial charge < -0.3 is 4.74 Å². The minimum atomic E-state index is -0.221. The van der Waals surface area contributed by atoms with Crippen molar-refractivity contribution in [3.63, 3.8) is 0 Å². The average Bonchev–Trinajstić information content (AvgIpc) is 2.56. The van der Waals surface area contributed by atoms with Crippen LogP contribution < -0.4 is 4.74 Å². The van der Waals surface area contributed by atoms with Crippen LogP contribution in [-0.2, 0) is 19.5 Å². The topological polar surface area (TPSA) is 38.2 Å². The fourth-order valence-electron chi connectivity index (χ4n) is 2.83. The zero-order chi connectivity index (χ0) is 16.4. The minimum Gasteiger partial charge on any atom is -0.497 e. The van der Waals surface area contributed by atoms with Gasteiger partial charge in [-0.3, -0.25) is 4.90 Å². The van der Waals surface area contributed by atoms with Gasteiger partial charge in [0.2, 0.25) is 0 Å². The molecule has 0 saturated carbocycles. The Labute approximate surface area is 136 Å². The highest BCUT2D eigenvalue weighted by Gasteiger charge is 2.20. The van der Waals surface area contributed by atoms with E-state index in [4.69, 9.17) is 4.74 Å². The lowest BCUT2D eigenvalue weighted by atomic mass is 10.1. The van der Waals surface area contributed by atoms with Crippen LogP contribution in [-0.4, -0.2) is 28.5 Å². The number of benzene rings is 1. The third kappa shape index (κ3) is 3.50. The number of hydrogen-bond acceptors (Lipinski definition) is 4. The summed E-state index contributed by atoms with van der Waals surface area (Å²) in [6, 6.07) is 5.03. The largest absolute Gasteiger partial charge is 0.497 e. The van der Waals surface area contributed by atoms with Gasteiger partial charge in [0.05, 0.1) is 7.11 Å². The smallest absolute Gasteiger partial charge is 0.131 e. The van der Waals surface area contributed by atoms with Crippen LogP contribution in [0.4, 0.5) is 4.39 Å². The van der Waals surface area contributed by atoms with Crippen LogP contribution in [0.25, 0.3) is 0 Å². The molecule has 0 atom stereocenters. The van der Waals surface area contributed by atoms with Crippen LogP contribution in [0.15, 0.2) is 24.4 Å². The van der Waals surface area contributed by atoms with Gasteiger partial charge in [0, 0.05) is 61.1 Å². The first-order valence-corrected chi connectivity index (χ1v) is 7.96. The highest BCUT2D eigenvalue weighted by molar-refractivity contribution is 5.29. The Morgan fingerprint density at radius 3 is 2.87 bits per heavy atom. The molecule has 0 spiro atoms. The SMILES string of the molecule is COc1ccc(CN2CCc3nc(C(C)C)ncc3C2)c(F)c1. The van der Waals surface area contributed by atoms with Crippen molar-refractivity contribution in [1.29, 1.82) is 0 Å². The molecule has 0 radical (unpaired) electrons. The van der Waals surface area contributed by atoms with E-state index in [0.717, 1.165) is 36.6 Å².